The number of aromatic nitrogens is 2. The van der Waals surface area contributed by atoms with Gasteiger partial charge in [0.15, 0.2) is 0 Å². The standard InChI is InChI=1S/C17H20F3N3O3/c18-17(19,20)12-25-11-16(24)22-6-7-23-14(9-22)8-15(21-23)26-10-13-4-2-1-3-5-13/h1-2,4,8H,3,5-7,9-12H2. The molecule has 2 aliphatic rings. The van der Waals surface area contributed by atoms with E-state index in [1.807, 2.05) is 12.2 Å². The first-order chi connectivity index (χ1) is 12.4. The number of amides is 1. The highest BCUT2D eigenvalue weighted by Gasteiger charge is 2.29. The Hall–Kier alpha value is -2.29. The molecule has 1 aliphatic carbocycles. The number of allylic oxidation sites excluding steroid dienone is 3. The summed E-state index contributed by atoms with van der Waals surface area (Å²) >= 11 is 0. The van der Waals surface area contributed by atoms with Gasteiger partial charge in [-0.1, -0.05) is 18.2 Å². The predicted molar refractivity (Wildman–Crippen MR) is 86.5 cm³/mol. The van der Waals surface area contributed by atoms with Crippen molar-refractivity contribution in [1.82, 2.24) is 14.7 Å². The normalized spacial score (nSPS) is 17.0. The van der Waals surface area contributed by atoms with Crippen LogP contribution in [0.2, 0.25) is 0 Å². The number of hydrogen-bond acceptors (Lipinski definition) is 4. The van der Waals surface area contributed by atoms with Crippen molar-refractivity contribution in [2.45, 2.75) is 32.1 Å². The molecule has 0 spiro atoms. The van der Waals surface area contributed by atoms with Gasteiger partial charge in [0.2, 0.25) is 11.8 Å². The Bertz CT molecular complexity index is 710. The minimum Gasteiger partial charge on any atom is -0.472 e. The molecule has 0 radical (unpaired) electrons. The second kappa shape index (κ2) is 7.94. The van der Waals surface area contributed by atoms with Crippen LogP contribution in [-0.4, -0.2) is 53.1 Å². The van der Waals surface area contributed by atoms with E-state index in [-0.39, 0.29) is 6.54 Å². The monoisotopic (exact) mass is 371 g/mol. The van der Waals surface area contributed by atoms with Gasteiger partial charge in [-0.05, 0) is 18.4 Å². The molecule has 0 atom stereocenters. The van der Waals surface area contributed by atoms with Gasteiger partial charge in [-0.15, -0.1) is 5.10 Å². The molecule has 0 aromatic carbocycles. The molecule has 0 bridgehead atoms. The van der Waals surface area contributed by atoms with Crippen molar-refractivity contribution in [3.05, 3.63) is 35.6 Å². The van der Waals surface area contributed by atoms with E-state index in [0.717, 1.165) is 18.5 Å². The number of nitrogens with zero attached hydrogens (tertiary/aromatic N) is 3. The van der Waals surface area contributed by atoms with E-state index in [4.69, 9.17) is 4.74 Å². The summed E-state index contributed by atoms with van der Waals surface area (Å²) in [6, 6.07) is 1.76. The van der Waals surface area contributed by atoms with E-state index in [0.29, 0.717) is 25.6 Å². The Morgan fingerprint density at radius 1 is 1.31 bits per heavy atom. The van der Waals surface area contributed by atoms with Crippen LogP contribution >= 0.6 is 0 Å². The molecular formula is C17H20F3N3O3. The number of hydrogen-bond donors (Lipinski definition) is 0. The molecule has 9 heteroatoms. The van der Waals surface area contributed by atoms with Crippen molar-refractivity contribution in [1.29, 1.82) is 0 Å². The number of fused-ring (bicyclic) bond motifs is 1. The van der Waals surface area contributed by atoms with Crippen LogP contribution in [0.15, 0.2) is 29.9 Å². The van der Waals surface area contributed by atoms with Crippen LogP contribution in [0.25, 0.3) is 0 Å². The maximum atomic E-state index is 12.1. The third-order valence-electron chi connectivity index (χ3n) is 4.13. The van der Waals surface area contributed by atoms with Crippen LogP contribution in [0.1, 0.15) is 18.5 Å². The Morgan fingerprint density at radius 2 is 2.15 bits per heavy atom. The summed E-state index contributed by atoms with van der Waals surface area (Å²) in [5, 5.41) is 4.35. The average Bonchev–Trinajstić information content (AvgIpc) is 3.01. The largest absolute Gasteiger partial charge is 0.472 e. The molecule has 0 N–H and O–H groups in total. The van der Waals surface area contributed by atoms with Crippen molar-refractivity contribution >= 4 is 5.91 Å². The minimum absolute atomic E-state index is 0.274. The van der Waals surface area contributed by atoms with Gasteiger partial charge in [0.05, 0.1) is 18.8 Å². The van der Waals surface area contributed by atoms with Crippen molar-refractivity contribution < 1.29 is 27.4 Å². The van der Waals surface area contributed by atoms with Gasteiger partial charge in [0.1, 0.15) is 19.8 Å². The molecule has 1 aromatic heterocycles. The first-order valence-electron chi connectivity index (χ1n) is 8.37. The Morgan fingerprint density at radius 3 is 2.88 bits per heavy atom. The second-order valence-corrected chi connectivity index (χ2v) is 6.20. The van der Waals surface area contributed by atoms with E-state index in [2.05, 4.69) is 15.9 Å². The Balaban J connectivity index is 1.50. The zero-order valence-corrected chi connectivity index (χ0v) is 14.2. The van der Waals surface area contributed by atoms with Gasteiger partial charge < -0.3 is 14.4 Å². The van der Waals surface area contributed by atoms with Crippen LogP contribution in [-0.2, 0) is 22.6 Å². The number of carbonyl (C=O) groups is 1. The maximum Gasteiger partial charge on any atom is 0.411 e. The van der Waals surface area contributed by atoms with Gasteiger partial charge in [-0.25, -0.2) is 0 Å². The molecule has 3 rings (SSSR count). The van der Waals surface area contributed by atoms with Gasteiger partial charge in [-0.3, -0.25) is 9.48 Å². The first kappa shape index (κ1) is 18.5. The topological polar surface area (TPSA) is 56.6 Å². The van der Waals surface area contributed by atoms with Crippen molar-refractivity contribution in [2.24, 2.45) is 0 Å². The summed E-state index contributed by atoms with van der Waals surface area (Å²) in [6.07, 6.45) is 3.66. The van der Waals surface area contributed by atoms with Crippen molar-refractivity contribution in [3.63, 3.8) is 0 Å². The molecule has 0 saturated carbocycles. The van der Waals surface area contributed by atoms with Crippen molar-refractivity contribution in [3.8, 4) is 5.88 Å². The summed E-state index contributed by atoms with van der Waals surface area (Å²) in [5.41, 5.74) is 1.98. The minimum atomic E-state index is -4.43. The summed E-state index contributed by atoms with van der Waals surface area (Å²) < 4.78 is 48.1. The summed E-state index contributed by atoms with van der Waals surface area (Å²) in [5.74, 6) is 0.0152. The molecule has 26 heavy (non-hydrogen) atoms. The second-order valence-electron chi connectivity index (χ2n) is 6.20. The lowest BCUT2D eigenvalue weighted by atomic mass is 10.1. The third-order valence-corrected chi connectivity index (χ3v) is 4.13. The van der Waals surface area contributed by atoms with Crippen LogP contribution in [0.3, 0.4) is 0 Å². The Kier molecular flexibility index (Phi) is 5.65. The summed E-state index contributed by atoms with van der Waals surface area (Å²) in [7, 11) is 0. The molecule has 0 saturated heterocycles. The van der Waals surface area contributed by atoms with Crippen molar-refractivity contribution in [2.75, 3.05) is 26.4 Å². The number of alkyl halides is 3. The highest BCUT2D eigenvalue weighted by molar-refractivity contribution is 5.77. The summed E-state index contributed by atoms with van der Waals surface area (Å²) in [6.45, 7) is -0.426. The fourth-order valence-corrected chi connectivity index (χ4v) is 2.81. The first-order valence-corrected chi connectivity index (χ1v) is 8.37. The van der Waals surface area contributed by atoms with E-state index in [1.54, 1.807) is 10.7 Å². The molecule has 1 amide bonds. The number of halogens is 3. The lowest BCUT2D eigenvalue weighted by Gasteiger charge is -2.27. The molecular weight excluding hydrogens is 351 g/mol. The fraction of sp³-hybridized carbons (Fsp3) is 0.529. The molecule has 1 aromatic rings. The maximum absolute atomic E-state index is 12.1. The van der Waals surface area contributed by atoms with Gasteiger partial charge in [0, 0.05) is 12.6 Å². The average molecular weight is 371 g/mol. The molecule has 1 aliphatic heterocycles. The van der Waals surface area contributed by atoms with Crippen LogP contribution in [0, 0.1) is 0 Å². The highest BCUT2D eigenvalue weighted by atomic mass is 19.4. The smallest absolute Gasteiger partial charge is 0.411 e. The van der Waals surface area contributed by atoms with Crippen LogP contribution in [0.5, 0.6) is 5.88 Å². The molecule has 142 valence electrons. The quantitative estimate of drug-likeness (QED) is 0.771. The van der Waals surface area contributed by atoms with Crippen LogP contribution < -0.4 is 4.74 Å². The van der Waals surface area contributed by atoms with E-state index >= 15 is 0 Å². The SMILES string of the molecule is O=C(COCC(F)(F)F)N1CCn2nc(OCC3=CC=CCC3)cc2C1. The van der Waals surface area contributed by atoms with E-state index in [1.165, 1.54) is 10.5 Å². The predicted octanol–water partition coefficient (Wildman–Crippen LogP) is 2.46. The van der Waals surface area contributed by atoms with Gasteiger partial charge in [0.25, 0.3) is 0 Å². The highest BCUT2D eigenvalue weighted by Crippen LogP contribution is 2.20. The zero-order valence-electron chi connectivity index (χ0n) is 14.2. The molecule has 6 nitrogen and oxygen atoms in total. The molecule has 2 heterocycles. The number of rotatable bonds is 6. The number of carbonyl (C=O) groups excluding carboxylic acids is 1. The lowest BCUT2D eigenvalue weighted by molar-refractivity contribution is -0.178. The van der Waals surface area contributed by atoms with Gasteiger partial charge >= 0.3 is 6.18 Å². The fourth-order valence-electron chi connectivity index (χ4n) is 2.81. The summed E-state index contributed by atoms with van der Waals surface area (Å²) in [4.78, 5) is 13.5. The third kappa shape index (κ3) is 5.10. The lowest BCUT2D eigenvalue weighted by Crippen LogP contribution is -2.40. The van der Waals surface area contributed by atoms with Gasteiger partial charge in [-0.2, -0.15) is 13.2 Å². The van der Waals surface area contributed by atoms with Crippen LogP contribution in [0.4, 0.5) is 13.2 Å². The van der Waals surface area contributed by atoms with E-state index in [9.17, 15) is 18.0 Å². The molecule has 0 unspecified atom stereocenters. The zero-order chi connectivity index (χ0) is 18.6. The van der Waals surface area contributed by atoms with E-state index < -0.39 is 25.3 Å². The Labute approximate surface area is 148 Å². The molecule has 0 fully saturated rings. The number of ether oxygens (including phenoxy) is 2.